The first kappa shape index (κ1) is 22.0. The SMILES string of the molecule is CCC(C(=O)N1CCc2nnc(C3CCN(S(C)(=O)=O)CC3)n2CC1)c1ccccc1. The number of hydrogen-bond donors (Lipinski definition) is 0. The van der Waals surface area contributed by atoms with Gasteiger partial charge in [0.2, 0.25) is 15.9 Å². The molecule has 8 nitrogen and oxygen atoms in total. The first-order chi connectivity index (χ1) is 14.9. The van der Waals surface area contributed by atoms with E-state index in [9.17, 15) is 13.2 Å². The highest BCUT2D eigenvalue weighted by molar-refractivity contribution is 7.88. The second-order valence-electron chi connectivity index (χ2n) is 8.51. The van der Waals surface area contributed by atoms with Crippen molar-refractivity contribution in [2.45, 2.75) is 51.0 Å². The highest BCUT2D eigenvalue weighted by Gasteiger charge is 2.31. The van der Waals surface area contributed by atoms with Gasteiger partial charge in [-0.15, -0.1) is 10.2 Å². The number of rotatable bonds is 5. The van der Waals surface area contributed by atoms with Crippen LogP contribution in [-0.4, -0.2) is 70.7 Å². The molecule has 0 aliphatic carbocycles. The Morgan fingerprint density at radius 1 is 1.06 bits per heavy atom. The summed E-state index contributed by atoms with van der Waals surface area (Å²) in [5.41, 5.74) is 1.07. The molecule has 2 aliphatic heterocycles. The molecule has 1 saturated heterocycles. The minimum absolute atomic E-state index is 0.121. The number of hydrogen-bond acceptors (Lipinski definition) is 5. The number of amides is 1. The van der Waals surface area contributed by atoms with Gasteiger partial charge in [-0.1, -0.05) is 37.3 Å². The van der Waals surface area contributed by atoms with Gasteiger partial charge < -0.3 is 9.47 Å². The van der Waals surface area contributed by atoms with E-state index >= 15 is 0 Å². The molecule has 1 atom stereocenters. The number of piperidine rings is 1. The smallest absolute Gasteiger partial charge is 0.230 e. The zero-order chi connectivity index (χ0) is 22.0. The second-order valence-corrected chi connectivity index (χ2v) is 10.5. The zero-order valence-electron chi connectivity index (χ0n) is 18.3. The number of sulfonamides is 1. The molecule has 2 aromatic rings. The molecule has 1 unspecified atom stereocenters. The van der Waals surface area contributed by atoms with Crippen LogP contribution in [0.3, 0.4) is 0 Å². The summed E-state index contributed by atoms with van der Waals surface area (Å²) >= 11 is 0. The van der Waals surface area contributed by atoms with Gasteiger partial charge in [-0.3, -0.25) is 4.79 Å². The average Bonchev–Trinajstić information content (AvgIpc) is 3.05. The van der Waals surface area contributed by atoms with Gasteiger partial charge in [0.1, 0.15) is 11.6 Å². The molecule has 1 aromatic carbocycles. The van der Waals surface area contributed by atoms with Crippen molar-refractivity contribution in [3.05, 3.63) is 47.5 Å². The van der Waals surface area contributed by atoms with Crippen LogP contribution in [-0.2, 0) is 27.8 Å². The fourth-order valence-electron chi connectivity index (χ4n) is 4.77. The summed E-state index contributed by atoms with van der Waals surface area (Å²) in [7, 11) is -3.15. The van der Waals surface area contributed by atoms with Crippen molar-refractivity contribution in [3.8, 4) is 0 Å². The van der Waals surface area contributed by atoms with Crippen LogP contribution in [0.25, 0.3) is 0 Å². The molecule has 9 heteroatoms. The summed E-state index contributed by atoms with van der Waals surface area (Å²) in [6, 6.07) is 9.99. The molecule has 168 valence electrons. The number of nitrogens with zero attached hydrogens (tertiary/aromatic N) is 5. The fraction of sp³-hybridized carbons (Fsp3) is 0.591. The molecule has 4 rings (SSSR count). The van der Waals surface area contributed by atoms with Crippen LogP contribution in [0, 0.1) is 0 Å². The minimum Gasteiger partial charge on any atom is -0.340 e. The van der Waals surface area contributed by atoms with Gasteiger partial charge >= 0.3 is 0 Å². The predicted octanol–water partition coefficient (Wildman–Crippen LogP) is 2.00. The van der Waals surface area contributed by atoms with Gasteiger partial charge in [0.25, 0.3) is 0 Å². The lowest BCUT2D eigenvalue weighted by Crippen LogP contribution is -2.38. The van der Waals surface area contributed by atoms with Crippen LogP contribution < -0.4 is 0 Å². The van der Waals surface area contributed by atoms with Gasteiger partial charge in [-0.2, -0.15) is 0 Å². The lowest BCUT2D eigenvalue weighted by atomic mass is 9.95. The molecule has 31 heavy (non-hydrogen) atoms. The molecule has 1 fully saturated rings. The van der Waals surface area contributed by atoms with Gasteiger partial charge in [0.05, 0.1) is 12.2 Å². The van der Waals surface area contributed by atoms with E-state index in [1.165, 1.54) is 10.6 Å². The van der Waals surface area contributed by atoms with E-state index in [-0.39, 0.29) is 17.7 Å². The first-order valence-corrected chi connectivity index (χ1v) is 12.9. The summed E-state index contributed by atoms with van der Waals surface area (Å²) in [6.07, 6.45) is 4.22. The van der Waals surface area contributed by atoms with Gasteiger partial charge in [-0.25, -0.2) is 12.7 Å². The van der Waals surface area contributed by atoms with Crippen molar-refractivity contribution >= 4 is 15.9 Å². The van der Waals surface area contributed by atoms with Crippen molar-refractivity contribution < 1.29 is 13.2 Å². The van der Waals surface area contributed by atoms with Crippen LogP contribution >= 0.6 is 0 Å². The van der Waals surface area contributed by atoms with Gasteiger partial charge in [0.15, 0.2) is 0 Å². The standard InChI is InChI=1S/C22H31N5O3S/c1-3-19(17-7-5-4-6-8-17)22(28)25-12-11-20-23-24-21(27(20)16-15-25)18-9-13-26(14-10-18)31(2,29)30/h4-8,18-19H,3,9-16H2,1-2H3. The molecule has 0 saturated carbocycles. The third kappa shape index (κ3) is 4.67. The first-order valence-electron chi connectivity index (χ1n) is 11.1. The molecule has 1 aromatic heterocycles. The highest BCUT2D eigenvalue weighted by Crippen LogP contribution is 2.29. The Labute approximate surface area is 184 Å². The number of carbonyl (C=O) groups excluding carboxylic acids is 1. The Bertz CT molecular complexity index is 1010. The molecule has 0 N–H and O–H groups in total. The predicted molar refractivity (Wildman–Crippen MR) is 118 cm³/mol. The molecule has 0 radical (unpaired) electrons. The molecule has 0 bridgehead atoms. The highest BCUT2D eigenvalue weighted by atomic mass is 32.2. The molecular formula is C22H31N5O3S. The Morgan fingerprint density at radius 2 is 1.77 bits per heavy atom. The number of benzene rings is 1. The van der Waals surface area contributed by atoms with Crippen LogP contribution in [0.15, 0.2) is 30.3 Å². The van der Waals surface area contributed by atoms with Gasteiger partial charge in [0, 0.05) is 45.1 Å². The molecule has 2 aliphatic rings. The van der Waals surface area contributed by atoms with E-state index in [4.69, 9.17) is 0 Å². The molecular weight excluding hydrogens is 414 g/mol. The van der Waals surface area contributed by atoms with Crippen LogP contribution in [0.1, 0.15) is 55.2 Å². The molecule has 0 spiro atoms. The van der Waals surface area contributed by atoms with E-state index in [0.29, 0.717) is 39.1 Å². The van der Waals surface area contributed by atoms with E-state index in [2.05, 4.69) is 21.7 Å². The Kier molecular flexibility index (Phi) is 6.43. The van der Waals surface area contributed by atoms with E-state index in [1.807, 2.05) is 35.2 Å². The molecule has 1 amide bonds. The summed E-state index contributed by atoms with van der Waals surface area (Å²) < 4.78 is 27.3. The summed E-state index contributed by atoms with van der Waals surface area (Å²) in [5, 5.41) is 8.88. The second kappa shape index (κ2) is 9.08. The van der Waals surface area contributed by atoms with Crippen LogP contribution in [0.4, 0.5) is 0 Å². The maximum Gasteiger partial charge on any atom is 0.230 e. The van der Waals surface area contributed by atoms with E-state index in [1.54, 1.807) is 0 Å². The number of aromatic nitrogens is 3. The van der Waals surface area contributed by atoms with Crippen molar-refractivity contribution in [2.24, 2.45) is 0 Å². The van der Waals surface area contributed by atoms with E-state index in [0.717, 1.165) is 36.5 Å². The number of fused-ring (bicyclic) bond motifs is 1. The third-order valence-electron chi connectivity index (χ3n) is 6.56. The average molecular weight is 446 g/mol. The third-order valence-corrected chi connectivity index (χ3v) is 7.87. The topological polar surface area (TPSA) is 88.4 Å². The minimum atomic E-state index is -3.15. The maximum absolute atomic E-state index is 13.3. The summed E-state index contributed by atoms with van der Waals surface area (Å²) in [4.78, 5) is 15.3. The lowest BCUT2D eigenvalue weighted by molar-refractivity contribution is -0.132. The van der Waals surface area contributed by atoms with Crippen molar-refractivity contribution in [2.75, 3.05) is 32.4 Å². The molecule has 3 heterocycles. The van der Waals surface area contributed by atoms with Crippen molar-refractivity contribution in [3.63, 3.8) is 0 Å². The van der Waals surface area contributed by atoms with Crippen LogP contribution in [0.2, 0.25) is 0 Å². The monoisotopic (exact) mass is 445 g/mol. The number of carbonyl (C=O) groups is 1. The fourth-order valence-corrected chi connectivity index (χ4v) is 5.65. The van der Waals surface area contributed by atoms with Crippen molar-refractivity contribution in [1.82, 2.24) is 24.0 Å². The van der Waals surface area contributed by atoms with Crippen LogP contribution in [0.5, 0.6) is 0 Å². The Hall–Kier alpha value is -2.26. The quantitative estimate of drug-likeness (QED) is 0.702. The Morgan fingerprint density at radius 3 is 2.42 bits per heavy atom. The van der Waals surface area contributed by atoms with Crippen molar-refractivity contribution in [1.29, 1.82) is 0 Å². The maximum atomic E-state index is 13.3. The largest absolute Gasteiger partial charge is 0.340 e. The summed E-state index contributed by atoms with van der Waals surface area (Å²) in [6.45, 7) is 5.07. The Balaban J connectivity index is 1.44. The van der Waals surface area contributed by atoms with E-state index < -0.39 is 10.0 Å². The lowest BCUT2D eigenvalue weighted by Gasteiger charge is -2.30. The normalized spacial score (nSPS) is 19.6. The zero-order valence-corrected chi connectivity index (χ0v) is 19.1. The summed E-state index contributed by atoms with van der Waals surface area (Å²) in [5.74, 6) is 2.12. The van der Waals surface area contributed by atoms with Gasteiger partial charge in [-0.05, 0) is 24.8 Å².